The Morgan fingerprint density at radius 1 is 0.831 bits per heavy atom. The number of ether oxygens (including phenoxy) is 1. The zero-order chi connectivity index (χ0) is 53.3. The number of terminal acetylenes is 1. The normalized spacial score (nSPS) is 23.8. The fourth-order valence-corrected chi connectivity index (χ4v) is 13.6. The number of aromatic hydroxyl groups is 1. The molecule has 3 N–H and O–H groups in total. The fraction of sp³-hybridized carbons (Fsp3) is 0.517. The molecule has 3 aromatic carbocycles. The van der Waals surface area contributed by atoms with E-state index < -0.39 is 29.4 Å². The Hall–Kier alpha value is -6.59. The predicted molar refractivity (Wildman–Crippen MR) is 286 cm³/mol. The molecule has 3 atom stereocenters. The number of anilines is 2. The van der Waals surface area contributed by atoms with Gasteiger partial charge in [0.2, 0.25) is 11.8 Å². The molecule has 12 rings (SSSR count). The molecular weight excluding hydrogens is 988 g/mol. The van der Waals surface area contributed by atoms with Gasteiger partial charge < -0.3 is 29.9 Å². The number of halogens is 3. The van der Waals surface area contributed by atoms with Crippen LogP contribution in [0.3, 0.4) is 0 Å². The van der Waals surface area contributed by atoms with Crippen LogP contribution in [0.2, 0.25) is 0 Å². The standard InChI is InChI=1S/C58H66F3N11O5/c1-4-40-45(59)9-5-36-25-39(73)26-42(49(36)40)52-51(61)53-43(27-62-52)54(70-30-37-6-7-38(31-70)63-37)66-57(65-53)77-24-23-67-17-13-34(14-18-67)28-68-21-22-71(58(2,3)33-68)29-35-15-19-69(20-16-35)46-10-8-41-44(50(46)60)32-72(56(41)76)47-11-12-48(74)64-55(47)75/h1,5,8-10,25-27,34-35,37-38,47,63,73H,6-7,11-24,28-33H2,2-3H3,(H,64,74,75). The zero-order valence-corrected chi connectivity index (χ0v) is 43.8. The molecule has 19 heteroatoms. The fourth-order valence-electron chi connectivity index (χ4n) is 13.6. The number of rotatable bonds is 12. The van der Waals surface area contributed by atoms with Crippen molar-refractivity contribution in [2.24, 2.45) is 11.8 Å². The van der Waals surface area contributed by atoms with Crippen molar-refractivity contribution in [2.45, 2.75) is 95.4 Å². The van der Waals surface area contributed by atoms with Crippen molar-refractivity contribution in [1.29, 1.82) is 0 Å². The molecular formula is C58H66F3N11O5. The minimum atomic E-state index is -0.780. The second kappa shape index (κ2) is 20.7. The molecule has 77 heavy (non-hydrogen) atoms. The first kappa shape index (κ1) is 51.2. The first-order valence-corrected chi connectivity index (χ1v) is 27.5. The van der Waals surface area contributed by atoms with Crippen molar-refractivity contribution in [1.82, 2.24) is 45.2 Å². The van der Waals surface area contributed by atoms with E-state index in [4.69, 9.17) is 16.1 Å². The second-order valence-corrected chi connectivity index (χ2v) is 23.1. The van der Waals surface area contributed by atoms with E-state index in [0.29, 0.717) is 71.5 Å². The third-order valence-corrected chi connectivity index (χ3v) is 17.7. The number of fused-ring (bicyclic) bond motifs is 5. The Kier molecular flexibility index (Phi) is 13.7. The van der Waals surface area contributed by atoms with Crippen LogP contribution in [0.4, 0.5) is 24.7 Å². The average Bonchev–Trinajstić information content (AvgIpc) is 4.04. The molecule has 6 saturated heterocycles. The third kappa shape index (κ3) is 9.91. The van der Waals surface area contributed by atoms with Crippen LogP contribution in [0.25, 0.3) is 32.9 Å². The first-order chi connectivity index (χ1) is 37.2. The number of nitrogens with one attached hydrogen (secondary N) is 2. The van der Waals surface area contributed by atoms with Crippen molar-refractivity contribution >= 4 is 50.9 Å². The summed E-state index contributed by atoms with van der Waals surface area (Å²) < 4.78 is 54.6. The smallest absolute Gasteiger partial charge is 0.319 e. The number of imide groups is 1. The van der Waals surface area contributed by atoms with Crippen molar-refractivity contribution in [3.05, 3.63) is 76.7 Å². The molecule has 16 nitrogen and oxygen atoms in total. The predicted octanol–water partition coefficient (Wildman–Crippen LogP) is 6.05. The van der Waals surface area contributed by atoms with Crippen molar-refractivity contribution < 1.29 is 37.4 Å². The number of pyridine rings is 1. The minimum Gasteiger partial charge on any atom is -0.508 e. The zero-order valence-electron chi connectivity index (χ0n) is 43.8. The molecule has 6 fully saturated rings. The van der Waals surface area contributed by atoms with Gasteiger partial charge in [0.1, 0.15) is 41.2 Å². The monoisotopic (exact) mass is 1050 g/mol. The van der Waals surface area contributed by atoms with Crippen LogP contribution >= 0.6 is 0 Å². The summed E-state index contributed by atoms with van der Waals surface area (Å²) in [6.07, 6.45) is 13.9. The van der Waals surface area contributed by atoms with Gasteiger partial charge in [0.25, 0.3) is 5.91 Å². The summed E-state index contributed by atoms with van der Waals surface area (Å²) in [5.74, 6) is 0.907. The van der Waals surface area contributed by atoms with Gasteiger partial charge in [-0.15, -0.1) is 6.42 Å². The summed E-state index contributed by atoms with van der Waals surface area (Å²) in [4.78, 5) is 65.0. The number of nitrogens with zero attached hydrogens (tertiary/aromatic N) is 9. The second-order valence-electron chi connectivity index (χ2n) is 23.1. The van der Waals surface area contributed by atoms with Crippen LogP contribution in [0, 0.1) is 41.6 Å². The summed E-state index contributed by atoms with van der Waals surface area (Å²) in [5.41, 5.74) is 1.15. The molecule has 0 spiro atoms. The average molecular weight is 1050 g/mol. The number of piperazine rings is 2. The van der Waals surface area contributed by atoms with Gasteiger partial charge in [0.05, 0.1) is 23.2 Å². The molecule has 2 aromatic heterocycles. The van der Waals surface area contributed by atoms with Crippen molar-refractivity contribution in [2.75, 3.05) is 94.9 Å². The number of phenols is 1. The maximum absolute atomic E-state index is 17.1. The van der Waals surface area contributed by atoms with E-state index >= 15 is 13.2 Å². The summed E-state index contributed by atoms with van der Waals surface area (Å²) in [5, 5.41) is 17.8. The summed E-state index contributed by atoms with van der Waals surface area (Å²) in [6, 6.07) is 8.81. The minimum absolute atomic E-state index is 0.000433. The summed E-state index contributed by atoms with van der Waals surface area (Å²) in [7, 11) is 0. The van der Waals surface area contributed by atoms with Crippen LogP contribution in [0.5, 0.6) is 11.8 Å². The number of amides is 3. The number of hydrogen-bond donors (Lipinski definition) is 3. The first-order valence-electron chi connectivity index (χ1n) is 27.5. The van der Waals surface area contributed by atoms with Gasteiger partial charge in [-0.05, 0) is 119 Å². The molecule has 0 radical (unpaired) electrons. The lowest BCUT2D eigenvalue weighted by atomic mass is 9.90. The van der Waals surface area contributed by atoms with E-state index in [-0.39, 0.29) is 88.3 Å². The SMILES string of the molecule is C#Cc1c(F)ccc2cc(O)cc(-c3ncc4c(N5CC6CCC(C5)N6)nc(OCCN5CCC(CN6CCN(CC7CCN(c8ccc9c(c8F)CN(C8CCC(=O)NC8=O)C9=O)CC7)C(C)(C)C6)CC5)nc4c3F)c12. The molecule has 3 amide bonds. The van der Waals surface area contributed by atoms with E-state index in [0.717, 1.165) is 97.4 Å². The van der Waals surface area contributed by atoms with Crippen LogP contribution in [0.1, 0.15) is 86.7 Å². The van der Waals surface area contributed by atoms with E-state index in [2.05, 4.69) is 64.9 Å². The topological polar surface area (TPSA) is 163 Å². The number of carbonyl (C=O) groups excluding carboxylic acids is 3. The van der Waals surface area contributed by atoms with Crippen LogP contribution < -0.4 is 25.2 Å². The van der Waals surface area contributed by atoms with E-state index in [9.17, 15) is 19.5 Å². The third-order valence-electron chi connectivity index (χ3n) is 17.7. The van der Waals surface area contributed by atoms with Gasteiger partial charge in [-0.3, -0.25) is 39.4 Å². The molecule has 404 valence electrons. The molecule has 3 unspecified atom stereocenters. The number of phenolic OH excluding ortho intramolecular Hbond substituents is 1. The highest BCUT2D eigenvalue weighted by atomic mass is 19.1. The van der Waals surface area contributed by atoms with E-state index in [1.807, 2.05) is 0 Å². The maximum Gasteiger partial charge on any atom is 0.319 e. The van der Waals surface area contributed by atoms with Crippen LogP contribution in [-0.2, 0) is 16.1 Å². The number of carbonyl (C=O) groups is 3. The van der Waals surface area contributed by atoms with Gasteiger partial charge in [0.15, 0.2) is 11.6 Å². The maximum atomic E-state index is 17.1. The van der Waals surface area contributed by atoms with Gasteiger partial charge in [-0.25, -0.2) is 13.2 Å². The number of aromatic nitrogens is 3. The Balaban J connectivity index is 0.635. The molecule has 9 heterocycles. The summed E-state index contributed by atoms with van der Waals surface area (Å²) in [6.45, 7) is 15.5. The van der Waals surface area contributed by atoms with Crippen LogP contribution in [-0.4, -0.2) is 166 Å². The van der Waals surface area contributed by atoms with Crippen molar-refractivity contribution in [3.63, 3.8) is 0 Å². The Bertz CT molecular complexity index is 3200. The molecule has 0 aliphatic carbocycles. The number of benzene rings is 3. The molecule has 0 saturated carbocycles. The van der Waals surface area contributed by atoms with Gasteiger partial charge in [-0.1, -0.05) is 12.0 Å². The number of likely N-dealkylation sites (tertiary alicyclic amines) is 1. The Labute approximate surface area is 446 Å². The Morgan fingerprint density at radius 3 is 2.32 bits per heavy atom. The highest BCUT2D eigenvalue weighted by Gasteiger charge is 2.42. The molecule has 5 aromatic rings. The summed E-state index contributed by atoms with van der Waals surface area (Å²) >= 11 is 0. The number of piperidine rings is 3. The van der Waals surface area contributed by atoms with Gasteiger partial charge >= 0.3 is 6.01 Å². The lowest BCUT2D eigenvalue weighted by Crippen LogP contribution is -2.61. The molecule has 7 aliphatic heterocycles. The van der Waals surface area contributed by atoms with E-state index in [1.54, 1.807) is 18.3 Å². The van der Waals surface area contributed by atoms with Gasteiger partial charge in [0, 0.05) is 118 Å². The van der Waals surface area contributed by atoms with Gasteiger partial charge in [-0.2, -0.15) is 9.97 Å². The van der Waals surface area contributed by atoms with E-state index in [1.165, 1.54) is 29.2 Å². The lowest BCUT2D eigenvalue weighted by Gasteiger charge is -2.50. The highest BCUT2D eigenvalue weighted by Crippen LogP contribution is 2.41. The lowest BCUT2D eigenvalue weighted by molar-refractivity contribution is -0.136. The Morgan fingerprint density at radius 2 is 1.58 bits per heavy atom. The molecule has 2 bridgehead atoms. The van der Waals surface area contributed by atoms with Crippen molar-refractivity contribution in [3.8, 4) is 35.4 Å². The molecule has 7 aliphatic rings. The number of hydrogen-bond acceptors (Lipinski definition) is 14. The largest absolute Gasteiger partial charge is 0.508 e. The quantitative estimate of drug-likeness (QED) is 0.0978. The van der Waals surface area contributed by atoms with Crippen LogP contribution in [0.15, 0.2) is 42.6 Å². The highest BCUT2D eigenvalue weighted by molar-refractivity contribution is 6.06.